The van der Waals surface area contributed by atoms with Gasteiger partial charge in [0.2, 0.25) is 5.78 Å². The van der Waals surface area contributed by atoms with Crippen molar-refractivity contribution < 1.29 is 39.6 Å². The Bertz CT molecular complexity index is 1460. The quantitative estimate of drug-likeness (QED) is 0.173. The van der Waals surface area contributed by atoms with Gasteiger partial charge in [-0.3, -0.25) is 19.2 Å². The number of ketones is 4. The van der Waals surface area contributed by atoms with Crippen LogP contribution in [-0.4, -0.2) is 49.2 Å². The standard InChI is InChI=1S/C36H48O8/c1-9-21(38)17-25-34(7)23(15-11-10-13-18(2)3)22-14-12-16-24(39)27(22)31(41)29(34)33(43)36(44)32(42)26(20(6)37)30(40)28(19(4)5)35(25,36)8/h12,14,16,18-19,23,25,28,39,41-42,44H,9-11,13,15,17H2,1-8H3/t23-,25-,28?,34-,35-,36+/m1/s1. The largest absolute Gasteiger partial charge is 0.508 e. The van der Waals surface area contributed by atoms with Gasteiger partial charge in [-0.2, -0.15) is 0 Å². The number of Topliss-reactive ketones (excluding diaryl/α,β-unsaturated/α-hetero) is 4. The van der Waals surface area contributed by atoms with E-state index in [2.05, 4.69) is 13.8 Å². The first kappa shape index (κ1) is 33.6. The van der Waals surface area contributed by atoms with Gasteiger partial charge in [0.15, 0.2) is 17.2 Å². The van der Waals surface area contributed by atoms with Crippen LogP contribution in [0.4, 0.5) is 0 Å². The van der Waals surface area contributed by atoms with Gasteiger partial charge in [-0.1, -0.05) is 79.9 Å². The number of phenols is 1. The van der Waals surface area contributed by atoms with Gasteiger partial charge in [-0.15, -0.1) is 0 Å². The van der Waals surface area contributed by atoms with Crippen LogP contribution in [-0.2, 0) is 19.2 Å². The highest BCUT2D eigenvalue weighted by atomic mass is 16.3. The average Bonchev–Trinajstić information content (AvgIpc) is 2.92. The Morgan fingerprint density at radius 2 is 1.64 bits per heavy atom. The SMILES string of the molecule is CCC(=O)C[C@@H]1[C@]2(C)C(=C(O)c3c(O)cccc3[C@H]2CCCCC(C)C)C(=O)[C@@]2(O)C(O)=C(C(C)=O)C(=O)C(C(C)C)[C@@]12C. The lowest BCUT2D eigenvalue weighted by Gasteiger charge is -2.65. The van der Waals surface area contributed by atoms with Crippen LogP contribution in [0.2, 0.25) is 0 Å². The highest BCUT2D eigenvalue weighted by Gasteiger charge is 2.77. The normalized spacial score (nSPS) is 31.8. The van der Waals surface area contributed by atoms with E-state index in [4.69, 9.17) is 0 Å². The van der Waals surface area contributed by atoms with Crippen molar-refractivity contribution in [1.82, 2.24) is 0 Å². The summed E-state index contributed by atoms with van der Waals surface area (Å²) in [6, 6.07) is 4.90. The van der Waals surface area contributed by atoms with Crippen molar-refractivity contribution in [1.29, 1.82) is 0 Å². The van der Waals surface area contributed by atoms with Crippen LogP contribution >= 0.6 is 0 Å². The number of carbonyl (C=O) groups is 4. The second kappa shape index (κ2) is 11.6. The monoisotopic (exact) mass is 608 g/mol. The van der Waals surface area contributed by atoms with Crippen molar-refractivity contribution >= 4 is 28.9 Å². The van der Waals surface area contributed by atoms with Crippen molar-refractivity contribution in [2.45, 2.75) is 105 Å². The number of carbonyl (C=O) groups excluding carboxylic acids is 4. The summed E-state index contributed by atoms with van der Waals surface area (Å²) in [5, 5.41) is 47.2. The molecule has 1 aromatic rings. The molecule has 8 nitrogen and oxygen atoms in total. The average molecular weight is 609 g/mol. The molecule has 3 aliphatic rings. The van der Waals surface area contributed by atoms with E-state index in [-0.39, 0.29) is 35.5 Å². The molecule has 4 N–H and O–H groups in total. The minimum Gasteiger partial charge on any atom is -0.508 e. The van der Waals surface area contributed by atoms with E-state index in [9.17, 15) is 39.6 Å². The summed E-state index contributed by atoms with van der Waals surface area (Å²) < 4.78 is 0. The molecule has 0 bridgehead atoms. The Balaban J connectivity index is 2.16. The molecule has 1 aromatic carbocycles. The predicted octanol–water partition coefficient (Wildman–Crippen LogP) is 6.54. The molecule has 240 valence electrons. The number of fused-ring (bicyclic) bond motifs is 3. The van der Waals surface area contributed by atoms with Crippen LogP contribution in [0.3, 0.4) is 0 Å². The molecule has 3 aliphatic carbocycles. The molecule has 8 heteroatoms. The molecule has 44 heavy (non-hydrogen) atoms. The maximum atomic E-state index is 14.9. The lowest BCUT2D eigenvalue weighted by Crippen LogP contribution is -2.73. The molecule has 0 amide bonds. The maximum absolute atomic E-state index is 14.9. The predicted molar refractivity (Wildman–Crippen MR) is 167 cm³/mol. The van der Waals surface area contributed by atoms with E-state index >= 15 is 0 Å². The summed E-state index contributed by atoms with van der Waals surface area (Å²) in [6.07, 6.45) is 3.22. The molecule has 4 rings (SSSR count). The van der Waals surface area contributed by atoms with Crippen LogP contribution in [0.15, 0.2) is 35.1 Å². The highest BCUT2D eigenvalue weighted by Crippen LogP contribution is 2.71. The van der Waals surface area contributed by atoms with Crippen molar-refractivity contribution in [2.75, 3.05) is 0 Å². The number of rotatable bonds is 10. The van der Waals surface area contributed by atoms with Gasteiger partial charge in [0.05, 0.1) is 5.56 Å². The van der Waals surface area contributed by atoms with E-state index in [1.807, 2.05) is 13.0 Å². The number of hydrogen-bond acceptors (Lipinski definition) is 8. The second-order valence-corrected chi connectivity index (χ2v) is 14.3. The third kappa shape index (κ3) is 4.50. The Hall–Kier alpha value is -3.26. The summed E-state index contributed by atoms with van der Waals surface area (Å²) in [6.45, 7) is 14.0. The number of benzene rings is 1. The van der Waals surface area contributed by atoms with Crippen LogP contribution < -0.4 is 0 Å². The zero-order valence-corrected chi connectivity index (χ0v) is 27.3. The van der Waals surface area contributed by atoms with Crippen molar-refractivity contribution in [3.05, 3.63) is 46.2 Å². The number of allylic oxidation sites excluding steroid dienone is 1. The van der Waals surface area contributed by atoms with Crippen LogP contribution in [0.25, 0.3) is 5.76 Å². The third-order valence-corrected chi connectivity index (χ3v) is 11.1. The summed E-state index contributed by atoms with van der Waals surface area (Å²) in [5.74, 6) is -6.93. The third-order valence-electron chi connectivity index (χ3n) is 11.1. The first-order valence-corrected chi connectivity index (χ1v) is 16.0. The molecule has 6 atom stereocenters. The summed E-state index contributed by atoms with van der Waals surface area (Å²) >= 11 is 0. The second-order valence-electron chi connectivity index (χ2n) is 14.3. The fourth-order valence-electron chi connectivity index (χ4n) is 9.07. The lowest BCUT2D eigenvalue weighted by molar-refractivity contribution is -0.200. The molecule has 1 unspecified atom stereocenters. The first-order valence-electron chi connectivity index (χ1n) is 16.0. The van der Waals surface area contributed by atoms with E-state index < -0.39 is 74.5 Å². The van der Waals surface area contributed by atoms with Gasteiger partial charge in [0.1, 0.15) is 28.6 Å². The number of unbranched alkanes of at least 4 members (excludes halogenated alkanes) is 1. The first-order chi connectivity index (χ1) is 20.4. The number of aliphatic hydroxyl groups is 3. The van der Waals surface area contributed by atoms with Crippen LogP contribution in [0.1, 0.15) is 111 Å². The molecule has 0 saturated heterocycles. The smallest absolute Gasteiger partial charge is 0.203 e. The molecule has 1 saturated carbocycles. The van der Waals surface area contributed by atoms with Crippen LogP contribution in [0, 0.1) is 34.5 Å². The molecular weight excluding hydrogens is 560 g/mol. The van der Waals surface area contributed by atoms with E-state index in [0.717, 1.165) is 26.2 Å². The molecule has 0 radical (unpaired) electrons. The number of aromatic hydroxyl groups is 1. The number of aliphatic hydroxyl groups excluding tert-OH is 2. The number of hydrogen-bond donors (Lipinski definition) is 4. The molecule has 0 aromatic heterocycles. The summed E-state index contributed by atoms with van der Waals surface area (Å²) in [5.41, 5.74) is -5.92. The van der Waals surface area contributed by atoms with E-state index in [1.54, 1.807) is 33.8 Å². The minimum absolute atomic E-state index is 0.0810. The van der Waals surface area contributed by atoms with Gasteiger partial charge >= 0.3 is 0 Å². The fraction of sp³-hybridized carbons (Fsp3) is 0.611. The Morgan fingerprint density at radius 1 is 1.00 bits per heavy atom. The van der Waals surface area contributed by atoms with Crippen LogP contribution in [0.5, 0.6) is 5.75 Å². The van der Waals surface area contributed by atoms with Crippen molar-refractivity contribution in [3.8, 4) is 5.75 Å². The topological polar surface area (TPSA) is 149 Å². The van der Waals surface area contributed by atoms with Crippen molar-refractivity contribution in [3.63, 3.8) is 0 Å². The Labute approximate surface area is 260 Å². The molecular formula is C36H48O8. The van der Waals surface area contributed by atoms with Gasteiger partial charge in [0.25, 0.3) is 0 Å². The number of phenolic OH excluding ortho intramolecular Hbond substituents is 1. The minimum atomic E-state index is -2.79. The van der Waals surface area contributed by atoms with Gasteiger partial charge in [-0.25, -0.2) is 0 Å². The van der Waals surface area contributed by atoms with Gasteiger partial charge < -0.3 is 20.4 Å². The van der Waals surface area contributed by atoms with Gasteiger partial charge in [-0.05, 0) is 48.6 Å². The summed E-state index contributed by atoms with van der Waals surface area (Å²) in [4.78, 5) is 55.3. The van der Waals surface area contributed by atoms with Gasteiger partial charge in [0, 0.05) is 35.2 Å². The Morgan fingerprint density at radius 3 is 2.18 bits per heavy atom. The summed E-state index contributed by atoms with van der Waals surface area (Å²) in [7, 11) is 0. The van der Waals surface area contributed by atoms with E-state index in [0.29, 0.717) is 17.9 Å². The van der Waals surface area contributed by atoms with Crippen molar-refractivity contribution in [2.24, 2.45) is 34.5 Å². The Kier molecular flexibility index (Phi) is 8.86. The highest BCUT2D eigenvalue weighted by molar-refractivity contribution is 6.24. The maximum Gasteiger partial charge on any atom is 0.203 e. The molecule has 0 spiro atoms. The fourth-order valence-corrected chi connectivity index (χ4v) is 9.07. The lowest BCUT2D eigenvalue weighted by atomic mass is 9.36. The zero-order chi connectivity index (χ0) is 33.1. The molecule has 1 fully saturated rings. The molecule has 0 aliphatic heterocycles. The zero-order valence-electron chi connectivity index (χ0n) is 27.3. The van der Waals surface area contributed by atoms with E-state index in [1.165, 1.54) is 6.07 Å². The molecule has 0 heterocycles.